The second-order valence-corrected chi connectivity index (χ2v) is 9.11. The second-order valence-electron chi connectivity index (χ2n) is 9.11. The summed E-state index contributed by atoms with van der Waals surface area (Å²) in [7, 11) is 0. The molecule has 0 aromatic carbocycles. The molecule has 0 radical (unpaired) electrons. The average Bonchev–Trinajstić information content (AvgIpc) is 2.90. The Hall–Kier alpha value is -0.610. The third kappa shape index (κ3) is 3.05. The maximum absolute atomic E-state index is 12.6. The van der Waals surface area contributed by atoms with Crippen LogP contribution in [0.4, 0.5) is 0 Å². The largest absolute Gasteiger partial charge is 0.391 e. The molecule has 132 valence electrons. The van der Waals surface area contributed by atoms with Gasteiger partial charge in [0, 0.05) is 31.1 Å². The maximum Gasteiger partial charge on any atom is 0.224 e. The minimum Gasteiger partial charge on any atom is -0.391 e. The first-order chi connectivity index (χ1) is 10.7. The van der Waals surface area contributed by atoms with Crippen LogP contribution < -0.4 is 5.32 Å². The molecule has 2 N–H and O–H groups in total. The van der Waals surface area contributed by atoms with Gasteiger partial charge in [0.1, 0.15) is 0 Å². The van der Waals surface area contributed by atoms with Crippen molar-refractivity contribution < 1.29 is 9.90 Å². The van der Waals surface area contributed by atoms with Gasteiger partial charge in [0.15, 0.2) is 0 Å². The van der Waals surface area contributed by atoms with Crippen LogP contribution in [0.25, 0.3) is 0 Å². The number of nitrogens with one attached hydrogen (secondary N) is 1. The van der Waals surface area contributed by atoms with Crippen molar-refractivity contribution in [2.45, 2.75) is 84.4 Å². The predicted octanol–water partition coefficient (Wildman–Crippen LogP) is 2.55. The summed E-state index contributed by atoms with van der Waals surface area (Å²) in [5.41, 5.74) is 0.230. The topological polar surface area (TPSA) is 52.6 Å². The highest BCUT2D eigenvalue weighted by Gasteiger charge is 2.68. The molecule has 1 heterocycles. The zero-order chi connectivity index (χ0) is 16.8. The number of carbonyl (C=O) groups excluding carboxylic acids is 1. The van der Waals surface area contributed by atoms with Crippen LogP contribution in [0.2, 0.25) is 0 Å². The average molecular weight is 322 g/mol. The lowest BCUT2D eigenvalue weighted by Crippen LogP contribution is -2.52. The Kier molecular flexibility index (Phi) is 4.52. The molecule has 1 saturated heterocycles. The molecule has 2 aliphatic carbocycles. The molecule has 3 fully saturated rings. The van der Waals surface area contributed by atoms with Gasteiger partial charge in [-0.1, -0.05) is 40.5 Å². The molecule has 0 aromatic heterocycles. The van der Waals surface area contributed by atoms with Gasteiger partial charge in [-0.15, -0.1) is 0 Å². The maximum atomic E-state index is 12.6. The molecular weight excluding hydrogens is 288 g/mol. The lowest BCUT2D eigenvalue weighted by Gasteiger charge is -2.41. The fraction of sp³-hybridized carbons (Fsp3) is 0.947. The van der Waals surface area contributed by atoms with Gasteiger partial charge in [-0.25, -0.2) is 0 Å². The van der Waals surface area contributed by atoms with E-state index in [9.17, 15) is 9.90 Å². The molecule has 2 saturated carbocycles. The van der Waals surface area contributed by atoms with E-state index in [0.29, 0.717) is 12.1 Å². The quantitative estimate of drug-likeness (QED) is 0.839. The molecule has 2 unspecified atom stereocenters. The van der Waals surface area contributed by atoms with Crippen molar-refractivity contribution >= 4 is 5.91 Å². The van der Waals surface area contributed by atoms with Crippen molar-refractivity contribution in [1.82, 2.24) is 10.2 Å². The number of carbonyl (C=O) groups is 1. The smallest absolute Gasteiger partial charge is 0.224 e. The lowest BCUT2D eigenvalue weighted by molar-refractivity contribution is -0.124. The molecule has 1 amide bonds. The summed E-state index contributed by atoms with van der Waals surface area (Å²) in [6, 6.07) is 0.661. The number of aliphatic hydroxyl groups is 1. The van der Waals surface area contributed by atoms with Gasteiger partial charge in [-0.05, 0) is 36.5 Å². The van der Waals surface area contributed by atoms with Gasteiger partial charge >= 0.3 is 0 Å². The first-order valence-corrected chi connectivity index (χ1v) is 9.47. The number of rotatable bonds is 3. The highest BCUT2D eigenvalue weighted by molar-refractivity contribution is 5.84. The third-order valence-corrected chi connectivity index (χ3v) is 7.32. The number of aliphatic hydroxyl groups excluding tert-OH is 1. The van der Waals surface area contributed by atoms with E-state index in [1.165, 1.54) is 6.42 Å². The van der Waals surface area contributed by atoms with E-state index in [1.807, 2.05) is 0 Å². The zero-order valence-electron chi connectivity index (χ0n) is 15.3. The molecule has 23 heavy (non-hydrogen) atoms. The number of hydrogen-bond acceptors (Lipinski definition) is 3. The molecule has 3 aliphatic rings. The zero-order valence-corrected chi connectivity index (χ0v) is 15.3. The van der Waals surface area contributed by atoms with Crippen molar-refractivity contribution in [3.63, 3.8) is 0 Å². The van der Waals surface area contributed by atoms with Crippen LogP contribution in [0, 0.1) is 16.7 Å². The number of piperidine rings is 1. The van der Waals surface area contributed by atoms with Crippen LogP contribution in [0.1, 0.15) is 66.2 Å². The summed E-state index contributed by atoms with van der Waals surface area (Å²) in [5.74, 6) is 0.393. The van der Waals surface area contributed by atoms with Gasteiger partial charge in [-0.2, -0.15) is 0 Å². The van der Waals surface area contributed by atoms with E-state index in [2.05, 4.69) is 37.9 Å². The van der Waals surface area contributed by atoms with E-state index in [4.69, 9.17) is 0 Å². The van der Waals surface area contributed by atoms with Gasteiger partial charge in [0.05, 0.1) is 6.10 Å². The first kappa shape index (κ1) is 17.2. The number of amides is 1. The number of hydrogen-bond donors (Lipinski definition) is 2. The molecule has 0 bridgehead atoms. The Morgan fingerprint density at radius 2 is 1.57 bits per heavy atom. The van der Waals surface area contributed by atoms with Crippen molar-refractivity contribution in [3.8, 4) is 0 Å². The van der Waals surface area contributed by atoms with E-state index >= 15 is 0 Å². The van der Waals surface area contributed by atoms with E-state index in [1.54, 1.807) is 0 Å². The summed E-state index contributed by atoms with van der Waals surface area (Å²) in [4.78, 5) is 15.0. The van der Waals surface area contributed by atoms with E-state index < -0.39 is 0 Å². The highest BCUT2D eigenvalue weighted by Crippen LogP contribution is 2.68. The molecule has 1 aliphatic heterocycles. The Bertz CT molecular complexity index is 438. The first-order valence-electron chi connectivity index (χ1n) is 9.47. The monoisotopic (exact) mass is 322 g/mol. The van der Waals surface area contributed by atoms with Crippen molar-refractivity contribution in [3.05, 3.63) is 0 Å². The molecule has 4 heteroatoms. The molecule has 0 aromatic rings. The molecule has 3 rings (SSSR count). The van der Waals surface area contributed by atoms with Crippen LogP contribution in [0.3, 0.4) is 0 Å². The Morgan fingerprint density at radius 1 is 1.00 bits per heavy atom. The number of nitrogens with zero attached hydrogens (tertiary/aromatic N) is 1. The lowest BCUT2D eigenvalue weighted by atomic mass is 9.89. The van der Waals surface area contributed by atoms with Crippen LogP contribution in [-0.4, -0.2) is 47.2 Å². The van der Waals surface area contributed by atoms with E-state index in [0.717, 1.165) is 45.2 Å². The van der Waals surface area contributed by atoms with Gasteiger partial charge in [-0.3, -0.25) is 9.69 Å². The molecule has 4 nitrogen and oxygen atoms in total. The van der Waals surface area contributed by atoms with Crippen molar-refractivity contribution in [1.29, 1.82) is 0 Å². The standard InChI is InChI=1S/C19H34N2O2/c1-18(2)16(19(18,3)4)17(23)20-13-9-11-21(12-10-13)14-7-5-6-8-15(14)22/h13-16,22H,5-12H2,1-4H3,(H,20,23). The van der Waals surface area contributed by atoms with Gasteiger partial charge in [0.2, 0.25) is 5.91 Å². The fourth-order valence-electron chi connectivity index (χ4n) is 5.03. The normalized spacial score (nSPS) is 35.0. The molecule has 0 spiro atoms. The Balaban J connectivity index is 1.47. The van der Waals surface area contributed by atoms with Crippen molar-refractivity contribution in [2.75, 3.05) is 13.1 Å². The number of likely N-dealkylation sites (tertiary alicyclic amines) is 1. The Morgan fingerprint density at radius 3 is 2.09 bits per heavy atom. The summed E-state index contributed by atoms with van der Waals surface area (Å²) in [5, 5.41) is 13.5. The minimum absolute atomic E-state index is 0.115. The predicted molar refractivity (Wildman–Crippen MR) is 92.1 cm³/mol. The Labute approximate surface area is 141 Å². The summed E-state index contributed by atoms with van der Waals surface area (Å²) in [6.07, 6.45) is 6.37. The highest BCUT2D eigenvalue weighted by atomic mass is 16.3. The summed E-state index contributed by atoms with van der Waals surface area (Å²) >= 11 is 0. The second kappa shape index (κ2) is 6.03. The van der Waals surface area contributed by atoms with Gasteiger partial charge in [0.25, 0.3) is 0 Å². The minimum atomic E-state index is -0.150. The SMILES string of the molecule is CC1(C)C(C(=O)NC2CCN(C3CCCCC3O)CC2)C1(C)C. The summed E-state index contributed by atoms with van der Waals surface area (Å²) in [6.45, 7) is 10.8. The van der Waals surface area contributed by atoms with Crippen LogP contribution in [0.5, 0.6) is 0 Å². The van der Waals surface area contributed by atoms with Gasteiger partial charge < -0.3 is 10.4 Å². The van der Waals surface area contributed by atoms with Crippen LogP contribution >= 0.6 is 0 Å². The van der Waals surface area contributed by atoms with Crippen LogP contribution in [-0.2, 0) is 4.79 Å². The summed E-state index contributed by atoms with van der Waals surface area (Å²) < 4.78 is 0. The molecule has 2 atom stereocenters. The molecular formula is C19H34N2O2. The van der Waals surface area contributed by atoms with E-state index in [-0.39, 0.29) is 28.8 Å². The fourth-order valence-corrected chi connectivity index (χ4v) is 5.03. The van der Waals surface area contributed by atoms with Crippen molar-refractivity contribution in [2.24, 2.45) is 16.7 Å². The van der Waals surface area contributed by atoms with Crippen LogP contribution in [0.15, 0.2) is 0 Å². The third-order valence-electron chi connectivity index (χ3n) is 7.32.